The monoisotopic (exact) mass is 409 g/mol. The fourth-order valence-corrected chi connectivity index (χ4v) is 4.05. The summed E-state index contributed by atoms with van der Waals surface area (Å²) >= 11 is 0. The Morgan fingerprint density at radius 1 is 1.13 bits per heavy atom. The number of rotatable bonds is 10. The predicted molar refractivity (Wildman–Crippen MR) is 120 cm³/mol. The standard InChI is InChI=1S/C25H33N3O2/c1-3-17-30-24-11-9-22(10-12-24)18-27(2)20-25(29)26-23-13-15-28(16-14-23)19-21-7-5-4-6-8-21/h3-12,23H,1,13-20H2,2H3,(H,26,29)/p+2. The van der Waals surface area contributed by atoms with Crippen molar-refractivity contribution in [2.24, 2.45) is 0 Å². The first-order chi connectivity index (χ1) is 14.6. The molecule has 0 aliphatic carbocycles. The summed E-state index contributed by atoms with van der Waals surface area (Å²) in [5.41, 5.74) is 2.59. The SMILES string of the molecule is C=CCOc1ccc(C[NH+](C)CC(=O)NC2CC[NH+](Cc3ccccc3)CC2)cc1. The van der Waals surface area contributed by atoms with E-state index in [9.17, 15) is 4.79 Å². The second-order valence-electron chi connectivity index (χ2n) is 8.31. The molecule has 5 nitrogen and oxygen atoms in total. The van der Waals surface area contributed by atoms with Gasteiger partial charge in [0.05, 0.1) is 20.1 Å². The van der Waals surface area contributed by atoms with E-state index in [0.29, 0.717) is 19.2 Å². The van der Waals surface area contributed by atoms with Crippen molar-refractivity contribution in [1.82, 2.24) is 5.32 Å². The quantitative estimate of drug-likeness (QED) is 0.504. The lowest BCUT2D eigenvalue weighted by Crippen LogP contribution is -3.12. The number of hydrogen-bond donors (Lipinski definition) is 3. The van der Waals surface area contributed by atoms with E-state index in [2.05, 4.69) is 61.4 Å². The number of benzene rings is 2. The van der Waals surface area contributed by atoms with Gasteiger partial charge in [-0.2, -0.15) is 0 Å². The molecule has 0 aromatic heterocycles. The van der Waals surface area contributed by atoms with Crippen molar-refractivity contribution in [3.05, 3.63) is 78.4 Å². The molecule has 0 bridgehead atoms. The average Bonchev–Trinajstić information content (AvgIpc) is 2.75. The zero-order valence-corrected chi connectivity index (χ0v) is 18.0. The van der Waals surface area contributed by atoms with E-state index in [0.717, 1.165) is 44.8 Å². The molecule has 1 atom stereocenters. The van der Waals surface area contributed by atoms with Crippen LogP contribution < -0.4 is 19.9 Å². The maximum Gasteiger partial charge on any atom is 0.275 e. The largest absolute Gasteiger partial charge is 0.490 e. The van der Waals surface area contributed by atoms with Gasteiger partial charge in [0.15, 0.2) is 6.54 Å². The van der Waals surface area contributed by atoms with E-state index in [1.807, 2.05) is 12.1 Å². The third kappa shape index (κ3) is 7.32. The van der Waals surface area contributed by atoms with E-state index >= 15 is 0 Å². The molecule has 1 saturated heterocycles. The van der Waals surface area contributed by atoms with Crippen LogP contribution in [0.15, 0.2) is 67.3 Å². The molecule has 0 saturated carbocycles. The minimum Gasteiger partial charge on any atom is -0.490 e. The summed E-state index contributed by atoms with van der Waals surface area (Å²) in [4.78, 5) is 15.3. The van der Waals surface area contributed by atoms with E-state index < -0.39 is 0 Å². The van der Waals surface area contributed by atoms with Crippen molar-refractivity contribution in [3.63, 3.8) is 0 Å². The van der Waals surface area contributed by atoms with Crippen molar-refractivity contribution >= 4 is 5.91 Å². The van der Waals surface area contributed by atoms with Gasteiger partial charge >= 0.3 is 0 Å². The number of quaternary nitrogens is 2. The maximum absolute atomic E-state index is 12.5. The van der Waals surface area contributed by atoms with Crippen LogP contribution in [0.1, 0.15) is 24.0 Å². The molecule has 1 fully saturated rings. The van der Waals surface area contributed by atoms with Crippen molar-refractivity contribution < 1.29 is 19.3 Å². The highest BCUT2D eigenvalue weighted by atomic mass is 16.5. The smallest absolute Gasteiger partial charge is 0.275 e. The van der Waals surface area contributed by atoms with Gasteiger partial charge in [0.25, 0.3) is 5.91 Å². The molecule has 1 unspecified atom stereocenters. The summed E-state index contributed by atoms with van der Waals surface area (Å²) in [5, 5.41) is 3.25. The summed E-state index contributed by atoms with van der Waals surface area (Å²) in [5.74, 6) is 0.990. The van der Waals surface area contributed by atoms with Crippen LogP contribution >= 0.6 is 0 Å². The van der Waals surface area contributed by atoms with E-state index in [-0.39, 0.29) is 5.91 Å². The minimum atomic E-state index is 0.148. The number of amides is 1. The molecule has 5 heteroatoms. The number of likely N-dealkylation sites (tertiary alicyclic amines) is 1. The topological polar surface area (TPSA) is 47.2 Å². The van der Waals surface area contributed by atoms with Gasteiger partial charge in [0.2, 0.25) is 0 Å². The van der Waals surface area contributed by atoms with E-state index in [1.54, 1.807) is 11.0 Å². The fraction of sp³-hybridized carbons (Fsp3) is 0.400. The molecule has 2 aromatic carbocycles. The van der Waals surface area contributed by atoms with Gasteiger partial charge in [-0.3, -0.25) is 4.79 Å². The highest BCUT2D eigenvalue weighted by molar-refractivity contribution is 5.77. The molecule has 3 rings (SSSR count). The number of hydrogen-bond acceptors (Lipinski definition) is 2. The van der Waals surface area contributed by atoms with Crippen molar-refractivity contribution in [1.29, 1.82) is 0 Å². The highest BCUT2D eigenvalue weighted by Crippen LogP contribution is 2.11. The second kappa shape index (κ2) is 11.5. The van der Waals surface area contributed by atoms with E-state index in [1.165, 1.54) is 16.0 Å². The van der Waals surface area contributed by atoms with Crippen molar-refractivity contribution in [3.8, 4) is 5.75 Å². The van der Waals surface area contributed by atoms with Gasteiger partial charge in [-0.1, -0.05) is 43.0 Å². The van der Waals surface area contributed by atoms with Crippen LogP contribution in [0.2, 0.25) is 0 Å². The number of piperidine rings is 1. The van der Waals surface area contributed by atoms with E-state index in [4.69, 9.17) is 4.74 Å². The highest BCUT2D eigenvalue weighted by Gasteiger charge is 2.24. The van der Waals surface area contributed by atoms with Crippen LogP contribution in [0.25, 0.3) is 0 Å². The summed E-state index contributed by atoms with van der Waals surface area (Å²) in [6.07, 6.45) is 3.84. The maximum atomic E-state index is 12.5. The molecular weight excluding hydrogens is 374 g/mol. The first-order valence-electron chi connectivity index (χ1n) is 10.9. The number of carbonyl (C=O) groups is 1. The Balaban J connectivity index is 1.35. The van der Waals surface area contributed by atoms with Crippen LogP contribution in [-0.2, 0) is 17.9 Å². The third-order valence-electron chi connectivity index (χ3n) is 5.61. The first kappa shape index (κ1) is 22.1. The lowest BCUT2D eigenvalue weighted by atomic mass is 10.0. The van der Waals surface area contributed by atoms with Gasteiger partial charge in [-0.15, -0.1) is 0 Å². The Kier molecular flexibility index (Phi) is 8.48. The van der Waals surface area contributed by atoms with Crippen molar-refractivity contribution in [2.45, 2.75) is 32.0 Å². The lowest BCUT2D eigenvalue weighted by Gasteiger charge is -2.30. The molecule has 0 spiro atoms. The first-order valence-corrected chi connectivity index (χ1v) is 10.9. The molecule has 0 radical (unpaired) electrons. The minimum absolute atomic E-state index is 0.148. The van der Waals surface area contributed by atoms with Crippen LogP contribution in [0, 0.1) is 0 Å². The van der Waals surface area contributed by atoms with Crippen LogP contribution in [0.4, 0.5) is 0 Å². The number of ether oxygens (including phenoxy) is 1. The van der Waals surface area contributed by atoms with Gasteiger partial charge in [-0.05, 0) is 24.3 Å². The molecule has 30 heavy (non-hydrogen) atoms. The zero-order chi connectivity index (χ0) is 21.2. The summed E-state index contributed by atoms with van der Waals surface area (Å²) in [7, 11) is 2.06. The van der Waals surface area contributed by atoms with Gasteiger partial charge in [0, 0.05) is 30.0 Å². The Morgan fingerprint density at radius 3 is 2.50 bits per heavy atom. The molecule has 1 aliphatic heterocycles. The second-order valence-corrected chi connectivity index (χ2v) is 8.31. The summed E-state index contributed by atoms with van der Waals surface area (Å²) < 4.78 is 5.51. The molecule has 1 aliphatic rings. The summed E-state index contributed by atoms with van der Waals surface area (Å²) in [6.45, 7) is 8.78. The Labute approximate surface area is 180 Å². The van der Waals surface area contributed by atoms with Crippen LogP contribution in [-0.4, -0.2) is 45.2 Å². The Bertz CT molecular complexity index is 784. The zero-order valence-electron chi connectivity index (χ0n) is 18.0. The Hall–Kier alpha value is -2.63. The lowest BCUT2D eigenvalue weighted by molar-refractivity contribution is -0.918. The van der Waals surface area contributed by atoms with Crippen LogP contribution in [0.3, 0.4) is 0 Å². The average molecular weight is 410 g/mol. The summed E-state index contributed by atoms with van der Waals surface area (Å²) in [6, 6.07) is 19.0. The number of likely N-dealkylation sites (N-methyl/N-ethyl adjacent to an activating group) is 1. The van der Waals surface area contributed by atoms with Gasteiger partial charge in [0.1, 0.15) is 25.4 Å². The molecular formula is C25H35N3O2+2. The molecule has 3 N–H and O–H groups in total. The van der Waals surface area contributed by atoms with Crippen LogP contribution in [0.5, 0.6) is 5.75 Å². The normalized spacial score (nSPS) is 19.6. The predicted octanol–water partition coefficient (Wildman–Crippen LogP) is 0.630. The Morgan fingerprint density at radius 2 is 1.83 bits per heavy atom. The van der Waals surface area contributed by atoms with Crippen molar-refractivity contribution in [2.75, 3.05) is 33.3 Å². The number of nitrogens with one attached hydrogen (secondary N) is 3. The third-order valence-corrected chi connectivity index (χ3v) is 5.61. The van der Waals surface area contributed by atoms with Gasteiger partial charge in [-0.25, -0.2) is 0 Å². The molecule has 1 amide bonds. The molecule has 2 aromatic rings. The number of carbonyl (C=O) groups excluding carboxylic acids is 1. The fourth-order valence-electron chi connectivity index (χ4n) is 4.05. The molecule has 160 valence electrons. The molecule has 1 heterocycles. The van der Waals surface area contributed by atoms with Gasteiger partial charge < -0.3 is 19.9 Å².